The van der Waals surface area contributed by atoms with Gasteiger partial charge in [0.25, 0.3) is 0 Å². The van der Waals surface area contributed by atoms with E-state index in [0.717, 1.165) is 0 Å². The maximum Gasteiger partial charge on any atom is 0.324 e. The van der Waals surface area contributed by atoms with Crippen LogP contribution in [0, 0.1) is 11.8 Å². The molecule has 45 heavy (non-hydrogen) atoms. The number of cyclic esters (lactones) is 1. The topological polar surface area (TPSA) is 198 Å². The van der Waals surface area contributed by atoms with E-state index in [4.69, 9.17) is 52.1 Å². The predicted octanol–water partition coefficient (Wildman–Crippen LogP) is 1.52. The Bertz CT molecular complexity index is 1410. The molecule has 2 aromatic carbocycles. The lowest BCUT2D eigenvalue weighted by molar-refractivity contribution is -0.364. The van der Waals surface area contributed by atoms with Crippen molar-refractivity contribution in [3.8, 4) is 28.7 Å². The Morgan fingerprint density at radius 2 is 1.56 bits per heavy atom. The minimum Gasteiger partial charge on any atom is -0.502 e. The Morgan fingerprint density at radius 1 is 0.911 bits per heavy atom. The smallest absolute Gasteiger partial charge is 0.324 e. The van der Waals surface area contributed by atoms with Crippen LogP contribution in [0.25, 0.3) is 0 Å². The Balaban J connectivity index is 0.00000115. The molecule has 7 rings (SSSR count). The second kappa shape index (κ2) is 12.9. The van der Waals surface area contributed by atoms with Crippen LogP contribution in [0.4, 0.5) is 0 Å². The van der Waals surface area contributed by atoms with E-state index in [9.17, 15) is 20.1 Å². The molecule has 1 aliphatic carbocycles. The number of carbonyl (C=O) groups is 1. The summed E-state index contributed by atoms with van der Waals surface area (Å²) in [6.45, 7) is 1.93. The van der Waals surface area contributed by atoms with Crippen LogP contribution in [0.3, 0.4) is 0 Å². The SMILES string of the molecule is COc1cc([C@@H]2c3cc4c(cc3C(O[C@@H]3O[C@@H]5CO[C@@H](C)O[C@H]5[C@H](O)[C@H]3O)C3COC(=O)[C@@H]32)OCO4)cc(OC)c1O.O=PO. The van der Waals surface area contributed by atoms with Crippen LogP contribution in [0.1, 0.15) is 35.6 Å². The average molecular weight is 653 g/mol. The summed E-state index contributed by atoms with van der Waals surface area (Å²) in [6.07, 6.45) is -6.80. The van der Waals surface area contributed by atoms with Gasteiger partial charge in [0.15, 0.2) is 35.6 Å². The zero-order valence-corrected chi connectivity index (χ0v) is 25.3. The van der Waals surface area contributed by atoms with E-state index in [-0.39, 0.29) is 37.3 Å². The van der Waals surface area contributed by atoms with Crippen LogP contribution in [0.2, 0.25) is 0 Å². The first-order chi connectivity index (χ1) is 21.7. The largest absolute Gasteiger partial charge is 0.502 e. The summed E-state index contributed by atoms with van der Waals surface area (Å²) in [5.74, 6) is -1.02. The molecule has 0 bridgehead atoms. The maximum atomic E-state index is 13.4. The van der Waals surface area contributed by atoms with E-state index in [1.807, 2.05) is 0 Å². The number of phenolic OH excluding ortho intramolecular Hbond substituents is 1. The molecule has 4 N–H and O–H groups in total. The summed E-state index contributed by atoms with van der Waals surface area (Å²) in [7, 11) is 2.03. The Hall–Kier alpha value is -3.27. The van der Waals surface area contributed by atoms with Crippen LogP contribution >= 0.6 is 8.69 Å². The number of ether oxygens (including phenoxy) is 9. The summed E-state index contributed by atoms with van der Waals surface area (Å²) in [4.78, 5) is 20.4. The molecule has 2 unspecified atom stereocenters. The number of carbonyl (C=O) groups excluding carboxylic acids is 1. The van der Waals surface area contributed by atoms with Gasteiger partial charge in [0.2, 0.25) is 12.5 Å². The van der Waals surface area contributed by atoms with E-state index < -0.39 is 75.5 Å². The molecule has 4 heterocycles. The van der Waals surface area contributed by atoms with Crippen molar-refractivity contribution in [2.24, 2.45) is 11.8 Å². The zero-order chi connectivity index (χ0) is 32.0. The molecule has 3 saturated heterocycles. The van der Waals surface area contributed by atoms with E-state index in [2.05, 4.69) is 0 Å². The number of fused-ring (bicyclic) bond motifs is 4. The predicted molar refractivity (Wildman–Crippen MR) is 148 cm³/mol. The highest BCUT2D eigenvalue weighted by atomic mass is 31.1. The summed E-state index contributed by atoms with van der Waals surface area (Å²) in [5, 5.41) is 32.5. The maximum absolute atomic E-state index is 13.4. The fourth-order valence-corrected chi connectivity index (χ4v) is 6.74. The van der Waals surface area contributed by atoms with E-state index >= 15 is 0 Å². The van der Waals surface area contributed by atoms with E-state index in [0.29, 0.717) is 28.2 Å². The lowest BCUT2D eigenvalue weighted by atomic mass is 9.66. The number of rotatable bonds is 5. The molecule has 5 aliphatic rings. The second-order valence-electron chi connectivity index (χ2n) is 11.1. The molecule has 244 valence electrons. The third kappa shape index (κ3) is 5.57. The highest BCUT2D eigenvalue weighted by Crippen LogP contribution is 2.57. The van der Waals surface area contributed by atoms with Crippen molar-refractivity contribution in [1.82, 2.24) is 0 Å². The zero-order valence-electron chi connectivity index (χ0n) is 24.4. The van der Waals surface area contributed by atoms with Gasteiger partial charge in [-0.15, -0.1) is 0 Å². The molecule has 16 heteroatoms. The average Bonchev–Trinajstić information content (AvgIpc) is 3.66. The van der Waals surface area contributed by atoms with Crippen LogP contribution in [-0.4, -0.2) is 97.4 Å². The second-order valence-corrected chi connectivity index (χ2v) is 11.2. The molecule has 0 aromatic heterocycles. The molecular weight excluding hydrogens is 619 g/mol. The van der Waals surface area contributed by atoms with Gasteiger partial charge in [-0.2, -0.15) is 0 Å². The highest BCUT2D eigenvalue weighted by molar-refractivity contribution is 7.16. The number of aliphatic hydroxyl groups is 2. The molecule has 0 spiro atoms. The fourth-order valence-electron chi connectivity index (χ4n) is 6.74. The van der Waals surface area contributed by atoms with Crippen LogP contribution in [0.15, 0.2) is 24.3 Å². The first kappa shape index (κ1) is 31.7. The monoisotopic (exact) mass is 652 g/mol. The molecule has 0 saturated carbocycles. The van der Waals surface area contributed by atoms with Crippen molar-refractivity contribution in [3.05, 3.63) is 41.0 Å². The van der Waals surface area contributed by atoms with Gasteiger partial charge in [-0.05, 0) is 47.9 Å². The fraction of sp³-hybridized carbons (Fsp3) is 0.552. The minimum atomic E-state index is -1.44. The summed E-state index contributed by atoms with van der Waals surface area (Å²) >= 11 is 0. The van der Waals surface area contributed by atoms with Crippen molar-refractivity contribution in [1.29, 1.82) is 0 Å². The van der Waals surface area contributed by atoms with Crippen LogP contribution in [0.5, 0.6) is 28.7 Å². The number of esters is 1. The number of methoxy groups -OCH3 is 2. The molecule has 2 aromatic rings. The van der Waals surface area contributed by atoms with Gasteiger partial charge in [-0.3, -0.25) is 4.79 Å². The normalized spacial score (nSPS) is 34.5. The molecule has 0 radical (unpaired) electrons. The lowest BCUT2D eigenvalue weighted by Crippen LogP contribution is -2.63. The standard InChI is InChI=1S/C29H32O13.HO2P/c1-11-36-9-20-27(40-11)24(31)25(32)29(41-20)42-26-14-7-17-16(38-10-39-17)6-13(14)21(22-15(26)8-37-28(22)33)12-4-18(34-2)23(30)19(5-12)35-3;1-3-2/h4-7,11,15,20-22,24-27,29-32H,8-10H2,1-3H3;(H,1,2)/t11-,15?,20-,21-,22+,24-,25-,26?,27-,29+;/m1./s1. The molecule has 0 amide bonds. The third-order valence-electron chi connectivity index (χ3n) is 8.75. The number of hydrogen-bond acceptors (Lipinski definition) is 14. The van der Waals surface area contributed by atoms with Gasteiger partial charge in [0, 0.05) is 11.8 Å². The third-order valence-corrected chi connectivity index (χ3v) is 8.75. The Kier molecular flexibility index (Phi) is 9.05. The van der Waals surface area contributed by atoms with Gasteiger partial charge in [-0.1, -0.05) is 0 Å². The number of aromatic hydroxyl groups is 1. The number of hydrogen-bond donors (Lipinski definition) is 4. The van der Waals surface area contributed by atoms with Gasteiger partial charge in [-0.25, -0.2) is 4.57 Å². The van der Waals surface area contributed by atoms with Gasteiger partial charge < -0.3 is 62.8 Å². The van der Waals surface area contributed by atoms with E-state index in [1.165, 1.54) is 14.2 Å². The first-order valence-electron chi connectivity index (χ1n) is 14.2. The van der Waals surface area contributed by atoms with E-state index in [1.54, 1.807) is 31.2 Å². The van der Waals surface area contributed by atoms with Crippen molar-refractivity contribution < 1.29 is 72.2 Å². The lowest BCUT2D eigenvalue weighted by Gasteiger charge is -2.47. The Labute approximate surface area is 258 Å². The van der Waals surface area contributed by atoms with Crippen molar-refractivity contribution in [2.75, 3.05) is 34.2 Å². The number of phenols is 1. The van der Waals surface area contributed by atoms with Gasteiger partial charge in [0.1, 0.15) is 24.4 Å². The molecule has 4 aliphatic heterocycles. The molecule has 15 nitrogen and oxygen atoms in total. The molecular formula is C29H33O15P. The quantitative estimate of drug-likeness (QED) is 0.268. The van der Waals surface area contributed by atoms with Crippen LogP contribution in [-0.2, 0) is 33.0 Å². The first-order valence-corrected chi connectivity index (χ1v) is 14.9. The Morgan fingerprint density at radius 3 is 2.20 bits per heavy atom. The summed E-state index contributed by atoms with van der Waals surface area (Å²) in [5.41, 5.74) is 2.01. The van der Waals surface area contributed by atoms with Crippen molar-refractivity contribution in [2.45, 2.75) is 55.9 Å². The van der Waals surface area contributed by atoms with Gasteiger partial charge >= 0.3 is 14.7 Å². The van der Waals surface area contributed by atoms with Crippen LogP contribution < -0.4 is 18.9 Å². The van der Waals surface area contributed by atoms with Crippen molar-refractivity contribution >= 4 is 14.7 Å². The molecule has 10 atom stereocenters. The summed E-state index contributed by atoms with van der Waals surface area (Å²) in [6, 6.07) is 6.93. The number of aliphatic hydroxyl groups excluding tert-OH is 2. The number of benzene rings is 2. The summed E-state index contributed by atoms with van der Waals surface area (Å²) < 4.78 is 60.0. The highest BCUT2D eigenvalue weighted by Gasteiger charge is 2.56. The molecule has 3 fully saturated rings. The minimum absolute atomic E-state index is 0.0301. The van der Waals surface area contributed by atoms with Crippen molar-refractivity contribution in [3.63, 3.8) is 0 Å². The van der Waals surface area contributed by atoms with Gasteiger partial charge in [0.05, 0.1) is 39.5 Å².